The molecule has 21 heavy (non-hydrogen) atoms. The third-order valence-corrected chi connectivity index (χ3v) is 4.71. The van der Waals surface area contributed by atoms with Crippen molar-refractivity contribution in [1.82, 2.24) is 14.9 Å². The second kappa shape index (κ2) is 7.95. The minimum Gasteiger partial charge on any atom is -0.367 e. The Hall–Kier alpha value is -0.870. The summed E-state index contributed by atoms with van der Waals surface area (Å²) in [4.78, 5) is 11.3. The zero-order chi connectivity index (χ0) is 15.2. The molecule has 1 aromatic heterocycles. The van der Waals surface area contributed by atoms with Crippen LogP contribution in [0.15, 0.2) is 0 Å². The van der Waals surface area contributed by atoms with Gasteiger partial charge in [0.1, 0.15) is 0 Å². The molecule has 5 heteroatoms. The summed E-state index contributed by atoms with van der Waals surface area (Å²) in [6.07, 6.45) is 8.01. The van der Waals surface area contributed by atoms with E-state index >= 15 is 0 Å². The second-order valence-electron chi connectivity index (χ2n) is 6.09. The average Bonchev–Trinajstić information content (AvgIpc) is 2.49. The highest BCUT2D eigenvalue weighted by Crippen LogP contribution is 2.22. The number of aryl methyl sites for hydroxylation is 2. The summed E-state index contributed by atoms with van der Waals surface area (Å²) in [5, 5.41) is 3.78. The lowest BCUT2D eigenvalue weighted by Crippen LogP contribution is -2.34. The first-order chi connectivity index (χ1) is 10.1. The maximum Gasteiger partial charge on any atom is 0.171 e. The molecule has 2 rings (SSSR count). The molecule has 1 saturated carbocycles. The molecule has 0 bridgehead atoms. The Balaban J connectivity index is 1.73. The Labute approximate surface area is 133 Å². The van der Waals surface area contributed by atoms with Crippen molar-refractivity contribution < 1.29 is 0 Å². The molecule has 1 heterocycles. The molecule has 4 nitrogen and oxygen atoms in total. The summed E-state index contributed by atoms with van der Waals surface area (Å²) in [5.74, 6) is 0.708. The molecule has 1 N–H and O–H groups in total. The summed E-state index contributed by atoms with van der Waals surface area (Å²) >= 11 is 6.12. The molecule has 0 aliphatic heterocycles. The molecule has 0 spiro atoms. The lowest BCUT2D eigenvalue weighted by atomic mass is 9.94. The van der Waals surface area contributed by atoms with E-state index in [1.165, 1.54) is 32.1 Å². The van der Waals surface area contributed by atoms with Gasteiger partial charge < -0.3 is 10.2 Å². The Kier molecular flexibility index (Phi) is 6.24. The summed E-state index contributed by atoms with van der Waals surface area (Å²) in [7, 11) is 2.25. The third kappa shape index (κ3) is 4.82. The van der Waals surface area contributed by atoms with Gasteiger partial charge in [-0.3, -0.25) is 0 Å². The number of rotatable bonds is 6. The fraction of sp³-hybridized carbons (Fsp3) is 0.750. The van der Waals surface area contributed by atoms with Crippen molar-refractivity contribution in [3.05, 3.63) is 16.5 Å². The second-order valence-corrected chi connectivity index (χ2v) is 6.44. The van der Waals surface area contributed by atoms with Crippen LogP contribution >= 0.6 is 11.6 Å². The number of halogens is 1. The smallest absolute Gasteiger partial charge is 0.171 e. The highest BCUT2D eigenvalue weighted by molar-refractivity contribution is 6.31. The summed E-state index contributed by atoms with van der Waals surface area (Å²) in [6, 6.07) is 0.781. The van der Waals surface area contributed by atoms with Gasteiger partial charge in [-0.15, -0.1) is 0 Å². The summed E-state index contributed by atoms with van der Waals surface area (Å²) < 4.78 is 0. The highest BCUT2D eigenvalue weighted by atomic mass is 35.5. The zero-order valence-electron chi connectivity index (χ0n) is 13.5. The molecule has 0 atom stereocenters. The summed E-state index contributed by atoms with van der Waals surface area (Å²) in [6.45, 7) is 5.89. The fourth-order valence-corrected chi connectivity index (χ4v) is 3.16. The molecule has 1 aliphatic rings. The van der Waals surface area contributed by atoms with Crippen molar-refractivity contribution >= 4 is 17.4 Å². The normalized spacial score (nSPS) is 16.4. The van der Waals surface area contributed by atoms with Crippen LogP contribution in [0.1, 0.15) is 49.9 Å². The van der Waals surface area contributed by atoms with Gasteiger partial charge in [-0.25, -0.2) is 9.97 Å². The van der Waals surface area contributed by atoms with E-state index in [4.69, 9.17) is 11.6 Å². The summed E-state index contributed by atoms with van der Waals surface area (Å²) in [5.41, 5.74) is 1.82. The van der Waals surface area contributed by atoms with Gasteiger partial charge in [0.05, 0.1) is 11.4 Å². The molecule has 118 valence electrons. The molecule has 0 aromatic carbocycles. The molecule has 0 amide bonds. The Morgan fingerprint density at radius 2 is 1.81 bits per heavy atom. The van der Waals surface area contributed by atoms with Crippen LogP contribution in [-0.2, 0) is 0 Å². The standard InChI is InChI=1S/C16H27ClN4/c1-12-13(2)20-16(15(17)19-12)18-10-7-11-21(3)14-8-5-4-6-9-14/h14H,4-11H2,1-3H3,(H,18,20). The van der Waals surface area contributed by atoms with Crippen molar-refractivity contribution in [2.45, 2.75) is 58.4 Å². The fourth-order valence-electron chi connectivity index (χ4n) is 2.93. The predicted octanol–water partition coefficient (Wildman–Crippen LogP) is 3.81. The van der Waals surface area contributed by atoms with Crippen LogP contribution in [0, 0.1) is 13.8 Å². The first-order valence-corrected chi connectivity index (χ1v) is 8.40. The van der Waals surface area contributed by atoms with Crippen molar-refractivity contribution in [3.63, 3.8) is 0 Å². The molecule has 0 radical (unpaired) electrons. The largest absolute Gasteiger partial charge is 0.367 e. The number of nitrogens with zero attached hydrogens (tertiary/aromatic N) is 3. The van der Waals surface area contributed by atoms with Gasteiger partial charge >= 0.3 is 0 Å². The first kappa shape index (κ1) is 16.5. The number of hydrogen-bond donors (Lipinski definition) is 1. The molecule has 1 aliphatic carbocycles. The zero-order valence-corrected chi connectivity index (χ0v) is 14.2. The van der Waals surface area contributed by atoms with E-state index < -0.39 is 0 Å². The van der Waals surface area contributed by atoms with Gasteiger partial charge in [0.15, 0.2) is 11.0 Å². The molecule has 1 fully saturated rings. The van der Waals surface area contributed by atoms with Crippen molar-refractivity contribution in [2.75, 3.05) is 25.5 Å². The van der Waals surface area contributed by atoms with Crippen LogP contribution < -0.4 is 5.32 Å². The van der Waals surface area contributed by atoms with Crippen LogP contribution in [0.4, 0.5) is 5.82 Å². The van der Waals surface area contributed by atoms with Gasteiger partial charge in [0, 0.05) is 12.6 Å². The van der Waals surface area contributed by atoms with Crippen molar-refractivity contribution in [2.24, 2.45) is 0 Å². The van der Waals surface area contributed by atoms with Gasteiger partial charge in [0.25, 0.3) is 0 Å². The maximum atomic E-state index is 6.12. The van der Waals surface area contributed by atoms with E-state index in [0.29, 0.717) is 11.0 Å². The maximum absolute atomic E-state index is 6.12. The molecule has 0 saturated heterocycles. The number of hydrogen-bond acceptors (Lipinski definition) is 4. The SMILES string of the molecule is Cc1nc(Cl)c(NCCCN(C)C2CCCCC2)nc1C. The van der Waals surface area contributed by atoms with Gasteiger partial charge in [-0.1, -0.05) is 30.9 Å². The van der Waals surface area contributed by atoms with Gasteiger partial charge in [-0.05, 0) is 46.7 Å². The van der Waals surface area contributed by atoms with Crippen LogP contribution in [0.5, 0.6) is 0 Å². The molecular weight excluding hydrogens is 284 g/mol. The molecule has 0 unspecified atom stereocenters. The van der Waals surface area contributed by atoms with Crippen LogP contribution in [-0.4, -0.2) is 41.0 Å². The van der Waals surface area contributed by atoms with Crippen molar-refractivity contribution in [3.8, 4) is 0 Å². The topological polar surface area (TPSA) is 41.1 Å². The lowest BCUT2D eigenvalue weighted by molar-refractivity contribution is 0.191. The van der Waals surface area contributed by atoms with E-state index in [2.05, 4.69) is 27.2 Å². The minimum absolute atomic E-state index is 0.471. The Morgan fingerprint density at radius 1 is 1.14 bits per heavy atom. The monoisotopic (exact) mass is 310 g/mol. The minimum atomic E-state index is 0.471. The first-order valence-electron chi connectivity index (χ1n) is 8.03. The quantitative estimate of drug-likeness (QED) is 0.811. The molecule has 1 aromatic rings. The van der Waals surface area contributed by atoms with Gasteiger partial charge in [-0.2, -0.15) is 0 Å². The van der Waals surface area contributed by atoms with E-state index in [-0.39, 0.29) is 0 Å². The highest BCUT2D eigenvalue weighted by Gasteiger charge is 2.17. The average molecular weight is 311 g/mol. The predicted molar refractivity (Wildman–Crippen MR) is 89.1 cm³/mol. The Morgan fingerprint density at radius 3 is 2.52 bits per heavy atom. The van der Waals surface area contributed by atoms with Crippen LogP contribution in [0.3, 0.4) is 0 Å². The third-order valence-electron chi connectivity index (χ3n) is 4.44. The van der Waals surface area contributed by atoms with Gasteiger partial charge in [0.2, 0.25) is 0 Å². The van der Waals surface area contributed by atoms with Crippen molar-refractivity contribution in [1.29, 1.82) is 0 Å². The van der Waals surface area contributed by atoms with Crippen LogP contribution in [0.2, 0.25) is 5.15 Å². The van der Waals surface area contributed by atoms with Crippen LogP contribution in [0.25, 0.3) is 0 Å². The van der Waals surface area contributed by atoms with E-state index in [1.807, 2.05) is 13.8 Å². The van der Waals surface area contributed by atoms with E-state index in [9.17, 15) is 0 Å². The number of anilines is 1. The number of nitrogens with one attached hydrogen (secondary N) is 1. The van der Waals surface area contributed by atoms with E-state index in [1.54, 1.807) is 0 Å². The number of aromatic nitrogens is 2. The van der Waals surface area contributed by atoms with E-state index in [0.717, 1.165) is 36.9 Å². The Bertz CT molecular complexity index is 458. The lowest BCUT2D eigenvalue weighted by Gasteiger charge is -2.31. The molecular formula is C16H27ClN4.